The molecule has 0 bridgehead atoms. The van der Waals surface area contributed by atoms with Gasteiger partial charge >= 0.3 is 10.8 Å². The van der Waals surface area contributed by atoms with Crippen LogP contribution in [0.4, 0.5) is 0 Å². The summed E-state index contributed by atoms with van der Waals surface area (Å²) in [6, 6.07) is 0. The highest BCUT2D eigenvalue weighted by Crippen LogP contribution is 2.21. The Morgan fingerprint density at radius 2 is 2.29 bits per heavy atom. The molecule has 1 aromatic rings. The second kappa shape index (κ2) is 5.01. The monoisotopic (exact) mass is 256 g/mol. The molecule has 17 heavy (non-hydrogen) atoms. The van der Waals surface area contributed by atoms with Gasteiger partial charge in [0.2, 0.25) is 0 Å². The fourth-order valence-corrected chi connectivity index (χ4v) is 3.23. The predicted molar refractivity (Wildman–Crippen MR) is 65.5 cm³/mol. The van der Waals surface area contributed by atoms with Crippen molar-refractivity contribution in [3.63, 3.8) is 0 Å². The second-order valence-electron chi connectivity index (χ2n) is 4.15. The summed E-state index contributed by atoms with van der Waals surface area (Å²) in [5, 5.41) is 8.67. The third-order valence-electron chi connectivity index (χ3n) is 3.11. The van der Waals surface area contributed by atoms with E-state index < -0.39 is 5.97 Å². The zero-order valence-electron chi connectivity index (χ0n) is 9.81. The molecule has 5 nitrogen and oxygen atoms in total. The fraction of sp³-hybridized carbons (Fsp3) is 0.636. The van der Waals surface area contributed by atoms with Crippen LogP contribution in [0.3, 0.4) is 0 Å². The molecule has 0 fully saturated rings. The lowest BCUT2D eigenvalue weighted by atomic mass is 10.1. The number of hydrogen-bond donors (Lipinski definition) is 1. The van der Waals surface area contributed by atoms with Crippen LogP contribution < -0.4 is 4.87 Å². The van der Waals surface area contributed by atoms with E-state index in [4.69, 9.17) is 5.11 Å². The number of thiazole rings is 1. The van der Waals surface area contributed by atoms with Gasteiger partial charge in [-0.1, -0.05) is 18.3 Å². The molecule has 1 N–H and O–H groups in total. The number of nitrogens with zero attached hydrogens (tertiary/aromatic N) is 2. The number of carbonyl (C=O) groups is 1. The molecule has 0 saturated heterocycles. The third kappa shape index (κ3) is 2.58. The van der Waals surface area contributed by atoms with Crippen LogP contribution in [0.25, 0.3) is 0 Å². The Morgan fingerprint density at radius 3 is 2.94 bits per heavy atom. The Bertz CT molecular complexity index is 478. The van der Waals surface area contributed by atoms with Crippen LogP contribution in [0.1, 0.15) is 23.9 Å². The first-order valence-corrected chi connectivity index (χ1v) is 6.59. The van der Waals surface area contributed by atoms with Crippen LogP contribution in [-0.4, -0.2) is 33.6 Å². The summed E-state index contributed by atoms with van der Waals surface area (Å²) in [4.78, 5) is 25.7. The molecule has 0 unspecified atom stereocenters. The molecule has 0 atom stereocenters. The summed E-state index contributed by atoms with van der Waals surface area (Å²) < 4.78 is 1.64. The van der Waals surface area contributed by atoms with E-state index in [1.165, 1.54) is 11.3 Å². The molecule has 2 rings (SSSR count). The van der Waals surface area contributed by atoms with Gasteiger partial charge in [0.1, 0.15) is 0 Å². The standard InChI is InChI=1S/C11H16N2O3S/c1-2-12-5-3-8-9(7-12)17-11(16)13(8)6-4-10(14)15/h2-7H2,1H3,(H,14,15). The number of aliphatic carboxylic acids is 1. The van der Waals surface area contributed by atoms with Gasteiger partial charge in [0, 0.05) is 36.6 Å². The number of aromatic nitrogens is 1. The summed E-state index contributed by atoms with van der Waals surface area (Å²) >= 11 is 1.26. The first-order valence-electron chi connectivity index (χ1n) is 5.77. The quantitative estimate of drug-likeness (QED) is 0.864. The number of fused-ring (bicyclic) bond motifs is 1. The van der Waals surface area contributed by atoms with Crippen molar-refractivity contribution in [1.82, 2.24) is 9.47 Å². The van der Waals surface area contributed by atoms with Gasteiger partial charge in [-0.2, -0.15) is 0 Å². The van der Waals surface area contributed by atoms with Crippen molar-refractivity contribution in [3.8, 4) is 0 Å². The summed E-state index contributed by atoms with van der Waals surface area (Å²) in [5.41, 5.74) is 1.05. The van der Waals surface area contributed by atoms with Crippen molar-refractivity contribution < 1.29 is 9.90 Å². The minimum atomic E-state index is -0.858. The van der Waals surface area contributed by atoms with E-state index >= 15 is 0 Å². The Labute approximate surface area is 103 Å². The van der Waals surface area contributed by atoms with Crippen molar-refractivity contribution in [1.29, 1.82) is 0 Å². The molecule has 0 saturated carbocycles. The molecule has 0 aromatic carbocycles. The average Bonchev–Trinajstić information content (AvgIpc) is 2.60. The van der Waals surface area contributed by atoms with E-state index in [-0.39, 0.29) is 11.3 Å². The van der Waals surface area contributed by atoms with Gasteiger partial charge in [-0.05, 0) is 6.54 Å². The Kier molecular flexibility index (Phi) is 3.63. The van der Waals surface area contributed by atoms with Gasteiger partial charge in [-0.3, -0.25) is 14.5 Å². The number of carboxylic acid groups (broad SMARTS) is 1. The van der Waals surface area contributed by atoms with E-state index in [1.807, 2.05) is 0 Å². The van der Waals surface area contributed by atoms with Crippen LogP contribution in [0.2, 0.25) is 0 Å². The molecule has 0 radical (unpaired) electrons. The molecule has 94 valence electrons. The fourth-order valence-electron chi connectivity index (χ4n) is 2.13. The van der Waals surface area contributed by atoms with Crippen LogP contribution in [-0.2, 0) is 24.3 Å². The molecule has 1 aromatic heterocycles. The molecule has 0 aliphatic carbocycles. The second-order valence-corrected chi connectivity index (χ2v) is 5.20. The van der Waals surface area contributed by atoms with E-state index in [0.717, 1.165) is 36.6 Å². The first-order chi connectivity index (χ1) is 8.11. The van der Waals surface area contributed by atoms with Gasteiger partial charge in [0.15, 0.2) is 0 Å². The van der Waals surface area contributed by atoms with Crippen molar-refractivity contribution in [2.45, 2.75) is 32.9 Å². The average molecular weight is 256 g/mol. The predicted octanol–water partition coefficient (Wildman–Crippen LogP) is 0.762. The number of rotatable bonds is 4. The van der Waals surface area contributed by atoms with E-state index in [2.05, 4.69) is 11.8 Å². The summed E-state index contributed by atoms with van der Waals surface area (Å²) in [6.07, 6.45) is 0.863. The largest absolute Gasteiger partial charge is 0.481 e. The molecule has 6 heteroatoms. The smallest absolute Gasteiger partial charge is 0.307 e. The molecule has 0 spiro atoms. The maximum atomic E-state index is 11.8. The van der Waals surface area contributed by atoms with Crippen molar-refractivity contribution >= 4 is 17.3 Å². The maximum absolute atomic E-state index is 11.8. The minimum Gasteiger partial charge on any atom is -0.481 e. The Morgan fingerprint density at radius 1 is 1.53 bits per heavy atom. The number of hydrogen-bond acceptors (Lipinski definition) is 4. The van der Waals surface area contributed by atoms with Gasteiger partial charge in [-0.25, -0.2) is 0 Å². The molecule has 1 aliphatic rings. The Hall–Kier alpha value is -1.14. The highest BCUT2D eigenvalue weighted by molar-refractivity contribution is 7.09. The minimum absolute atomic E-state index is 0.0145. The zero-order chi connectivity index (χ0) is 12.4. The first kappa shape index (κ1) is 12.3. The number of carboxylic acids is 1. The van der Waals surface area contributed by atoms with Gasteiger partial charge in [-0.15, -0.1) is 0 Å². The zero-order valence-corrected chi connectivity index (χ0v) is 10.6. The normalized spacial score (nSPS) is 15.8. The topological polar surface area (TPSA) is 62.5 Å². The lowest BCUT2D eigenvalue weighted by Crippen LogP contribution is -2.31. The molecule has 2 heterocycles. The van der Waals surface area contributed by atoms with Crippen molar-refractivity contribution in [3.05, 3.63) is 20.2 Å². The highest BCUT2D eigenvalue weighted by Gasteiger charge is 2.21. The SMILES string of the molecule is CCN1CCc2c(sc(=O)n2CCC(=O)O)C1. The van der Waals surface area contributed by atoms with Crippen LogP contribution in [0, 0.1) is 0 Å². The molecular weight excluding hydrogens is 240 g/mol. The summed E-state index contributed by atoms with van der Waals surface area (Å²) in [7, 11) is 0. The van der Waals surface area contributed by atoms with Crippen LogP contribution in [0.15, 0.2) is 4.79 Å². The number of likely N-dealkylation sites (N-methyl/N-ethyl adjacent to an activating group) is 1. The third-order valence-corrected chi connectivity index (χ3v) is 4.11. The maximum Gasteiger partial charge on any atom is 0.307 e. The van der Waals surface area contributed by atoms with Crippen molar-refractivity contribution in [2.24, 2.45) is 0 Å². The van der Waals surface area contributed by atoms with E-state index in [1.54, 1.807) is 4.57 Å². The van der Waals surface area contributed by atoms with Gasteiger partial charge in [0.25, 0.3) is 0 Å². The highest BCUT2D eigenvalue weighted by atomic mass is 32.1. The lowest BCUT2D eigenvalue weighted by Gasteiger charge is -2.25. The van der Waals surface area contributed by atoms with Gasteiger partial charge < -0.3 is 9.67 Å². The van der Waals surface area contributed by atoms with Crippen LogP contribution in [0.5, 0.6) is 0 Å². The van der Waals surface area contributed by atoms with Crippen molar-refractivity contribution in [2.75, 3.05) is 13.1 Å². The molecular formula is C11H16N2O3S. The molecule has 0 amide bonds. The van der Waals surface area contributed by atoms with Gasteiger partial charge in [0.05, 0.1) is 6.42 Å². The lowest BCUT2D eigenvalue weighted by molar-refractivity contribution is -0.137. The van der Waals surface area contributed by atoms with E-state index in [0.29, 0.717) is 6.54 Å². The summed E-state index contributed by atoms with van der Waals surface area (Å²) in [6.45, 7) is 5.17. The van der Waals surface area contributed by atoms with E-state index in [9.17, 15) is 9.59 Å². The summed E-state index contributed by atoms with van der Waals surface area (Å²) in [5.74, 6) is -0.858. The van der Waals surface area contributed by atoms with Crippen LogP contribution >= 0.6 is 11.3 Å². The molecule has 1 aliphatic heterocycles. The Balaban J connectivity index is 2.21.